The van der Waals surface area contributed by atoms with Crippen LogP contribution in [0.3, 0.4) is 0 Å². The zero-order valence-electron chi connectivity index (χ0n) is 14.8. The number of anilines is 3. The number of sulfonamides is 1. The van der Waals surface area contributed by atoms with Gasteiger partial charge in [-0.2, -0.15) is 5.26 Å². The molecule has 0 heterocycles. The molecule has 2 aromatic carbocycles. The lowest BCUT2D eigenvalue weighted by atomic mass is 10.2. The van der Waals surface area contributed by atoms with E-state index in [0.29, 0.717) is 16.9 Å². The van der Waals surface area contributed by atoms with Crippen molar-refractivity contribution in [2.75, 3.05) is 41.4 Å². The minimum Gasteiger partial charge on any atom is -0.378 e. The van der Waals surface area contributed by atoms with E-state index in [1.807, 2.05) is 37.2 Å². The molecule has 7 nitrogen and oxygen atoms in total. The molecule has 0 aromatic heterocycles. The number of nitrogens with zero attached hydrogens (tertiary/aromatic N) is 3. The predicted molar refractivity (Wildman–Crippen MR) is 103 cm³/mol. The van der Waals surface area contributed by atoms with Gasteiger partial charge in [0.25, 0.3) is 0 Å². The molecular weight excluding hydrogens is 352 g/mol. The van der Waals surface area contributed by atoms with Crippen LogP contribution in [0.4, 0.5) is 17.1 Å². The van der Waals surface area contributed by atoms with Crippen molar-refractivity contribution < 1.29 is 13.2 Å². The number of rotatable bonds is 6. The Morgan fingerprint density at radius 2 is 1.58 bits per heavy atom. The number of hydrogen-bond donors (Lipinski definition) is 1. The number of nitrogens with one attached hydrogen (secondary N) is 1. The van der Waals surface area contributed by atoms with Crippen LogP contribution >= 0.6 is 0 Å². The van der Waals surface area contributed by atoms with Crippen LogP contribution in [0.25, 0.3) is 0 Å². The Morgan fingerprint density at radius 1 is 1.04 bits per heavy atom. The fourth-order valence-corrected chi connectivity index (χ4v) is 3.13. The van der Waals surface area contributed by atoms with Gasteiger partial charge in [-0.05, 0) is 48.5 Å². The lowest BCUT2D eigenvalue weighted by Crippen LogP contribution is -2.37. The lowest BCUT2D eigenvalue weighted by Gasteiger charge is -2.22. The highest BCUT2D eigenvalue weighted by Crippen LogP contribution is 2.19. The van der Waals surface area contributed by atoms with Crippen LogP contribution in [0.5, 0.6) is 0 Å². The normalized spacial score (nSPS) is 10.7. The van der Waals surface area contributed by atoms with Gasteiger partial charge >= 0.3 is 0 Å². The lowest BCUT2D eigenvalue weighted by molar-refractivity contribution is -0.114. The smallest absolute Gasteiger partial charge is 0.245 e. The van der Waals surface area contributed by atoms with Crippen molar-refractivity contribution in [3.63, 3.8) is 0 Å². The summed E-state index contributed by atoms with van der Waals surface area (Å²) in [6.07, 6.45) is 1.03. The molecule has 0 saturated carbocycles. The van der Waals surface area contributed by atoms with Crippen LogP contribution < -0.4 is 14.5 Å². The van der Waals surface area contributed by atoms with Crippen LogP contribution in [-0.2, 0) is 14.8 Å². The third kappa shape index (κ3) is 4.97. The van der Waals surface area contributed by atoms with Gasteiger partial charge < -0.3 is 10.2 Å². The van der Waals surface area contributed by atoms with Gasteiger partial charge in [-0.25, -0.2) is 8.42 Å². The first-order valence-corrected chi connectivity index (χ1v) is 9.60. The largest absolute Gasteiger partial charge is 0.378 e. The van der Waals surface area contributed by atoms with Crippen LogP contribution in [0, 0.1) is 11.3 Å². The van der Waals surface area contributed by atoms with Gasteiger partial charge in [-0.1, -0.05) is 0 Å². The zero-order valence-corrected chi connectivity index (χ0v) is 15.6. The summed E-state index contributed by atoms with van der Waals surface area (Å²) in [7, 11) is 0.164. The van der Waals surface area contributed by atoms with Crippen molar-refractivity contribution in [3.8, 4) is 6.07 Å². The minimum absolute atomic E-state index is 0.324. The first kappa shape index (κ1) is 19.3. The van der Waals surface area contributed by atoms with Crippen molar-refractivity contribution in [2.24, 2.45) is 0 Å². The molecule has 2 aromatic rings. The fourth-order valence-electron chi connectivity index (χ4n) is 2.28. The van der Waals surface area contributed by atoms with E-state index in [4.69, 9.17) is 5.26 Å². The van der Waals surface area contributed by atoms with Gasteiger partial charge in [0.2, 0.25) is 15.9 Å². The molecule has 0 bridgehead atoms. The maximum atomic E-state index is 12.3. The van der Waals surface area contributed by atoms with Crippen LogP contribution in [-0.4, -0.2) is 41.2 Å². The molecule has 0 aliphatic heterocycles. The summed E-state index contributed by atoms with van der Waals surface area (Å²) in [5, 5.41) is 11.5. The quantitative estimate of drug-likeness (QED) is 0.837. The summed E-state index contributed by atoms with van der Waals surface area (Å²) in [4.78, 5) is 14.2. The second kappa shape index (κ2) is 7.89. The molecule has 26 heavy (non-hydrogen) atoms. The zero-order chi connectivity index (χ0) is 19.3. The standard InChI is InChI=1S/C18H20N4O3S/c1-21(2)16-10-6-15(7-11-16)20-18(23)13-22(26(3,24)25)17-8-4-14(12-19)5-9-17/h4-11H,13H2,1-3H3,(H,20,23). The Morgan fingerprint density at radius 3 is 2.04 bits per heavy atom. The van der Waals surface area contributed by atoms with Crippen LogP contribution in [0.1, 0.15) is 5.56 Å². The highest BCUT2D eigenvalue weighted by molar-refractivity contribution is 7.92. The van der Waals surface area contributed by atoms with E-state index in [-0.39, 0.29) is 6.54 Å². The number of carbonyl (C=O) groups is 1. The van der Waals surface area contributed by atoms with Gasteiger partial charge in [0.1, 0.15) is 6.54 Å². The molecule has 136 valence electrons. The summed E-state index contributed by atoms with van der Waals surface area (Å²) < 4.78 is 25.1. The Labute approximate surface area is 153 Å². The van der Waals surface area contributed by atoms with Gasteiger partial charge in [-0.3, -0.25) is 9.10 Å². The molecule has 8 heteroatoms. The van der Waals surface area contributed by atoms with Gasteiger partial charge in [0, 0.05) is 25.5 Å². The highest BCUT2D eigenvalue weighted by atomic mass is 32.2. The SMILES string of the molecule is CN(C)c1ccc(NC(=O)CN(c2ccc(C#N)cc2)S(C)(=O)=O)cc1. The molecule has 0 saturated heterocycles. The first-order chi connectivity index (χ1) is 12.2. The van der Waals surface area contributed by atoms with Gasteiger partial charge in [0.15, 0.2) is 0 Å². The van der Waals surface area contributed by atoms with Gasteiger partial charge in [0.05, 0.1) is 23.6 Å². The van der Waals surface area contributed by atoms with E-state index < -0.39 is 15.9 Å². The Bertz CT molecular complexity index is 914. The second-order valence-corrected chi connectivity index (χ2v) is 7.82. The van der Waals surface area contributed by atoms with E-state index in [1.165, 1.54) is 24.3 Å². The third-order valence-corrected chi connectivity index (χ3v) is 4.78. The molecule has 0 aliphatic rings. The monoisotopic (exact) mass is 372 g/mol. The van der Waals surface area contributed by atoms with Crippen LogP contribution in [0.2, 0.25) is 0 Å². The maximum absolute atomic E-state index is 12.3. The number of nitriles is 1. The highest BCUT2D eigenvalue weighted by Gasteiger charge is 2.21. The van der Waals surface area contributed by atoms with Gasteiger partial charge in [-0.15, -0.1) is 0 Å². The van der Waals surface area contributed by atoms with Crippen molar-refractivity contribution >= 4 is 33.0 Å². The van der Waals surface area contributed by atoms with E-state index in [0.717, 1.165) is 16.2 Å². The summed E-state index contributed by atoms with van der Waals surface area (Å²) in [5.41, 5.74) is 2.30. The molecule has 1 N–H and O–H groups in total. The molecule has 0 spiro atoms. The maximum Gasteiger partial charge on any atom is 0.245 e. The Hall–Kier alpha value is -3.05. The van der Waals surface area contributed by atoms with E-state index in [2.05, 4.69) is 5.32 Å². The summed E-state index contributed by atoms with van der Waals surface area (Å²) in [6.45, 7) is -0.361. The Balaban J connectivity index is 2.15. The fraction of sp³-hybridized carbons (Fsp3) is 0.222. The van der Waals surface area contributed by atoms with Crippen molar-refractivity contribution in [1.82, 2.24) is 0 Å². The Kier molecular flexibility index (Phi) is 5.85. The molecular formula is C18H20N4O3S. The first-order valence-electron chi connectivity index (χ1n) is 7.76. The molecule has 0 unspecified atom stereocenters. The number of hydrogen-bond acceptors (Lipinski definition) is 5. The summed E-state index contributed by atoms with van der Waals surface area (Å²) in [6, 6.07) is 15.2. The topological polar surface area (TPSA) is 93.5 Å². The average molecular weight is 372 g/mol. The van der Waals surface area contributed by atoms with E-state index in [9.17, 15) is 13.2 Å². The van der Waals surface area contributed by atoms with E-state index >= 15 is 0 Å². The average Bonchev–Trinajstić information content (AvgIpc) is 2.59. The number of benzene rings is 2. The number of amides is 1. The predicted octanol–water partition coefficient (Wildman–Crippen LogP) is 2.03. The molecule has 0 aliphatic carbocycles. The molecule has 0 atom stereocenters. The van der Waals surface area contributed by atoms with Crippen molar-refractivity contribution in [3.05, 3.63) is 54.1 Å². The molecule has 1 amide bonds. The molecule has 0 fully saturated rings. The number of carbonyl (C=O) groups excluding carboxylic acids is 1. The summed E-state index contributed by atoms with van der Waals surface area (Å²) in [5.74, 6) is -0.461. The molecule has 2 rings (SSSR count). The van der Waals surface area contributed by atoms with Crippen molar-refractivity contribution in [1.29, 1.82) is 5.26 Å². The van der Waals surface area contributed by atoms with Crippen molar-refractivity contribution in [2.45, 2.75) is 0 Å². The minimum atomic E-state index is -3.66. The summed E-state index contributed by atoms with van der Waals surface area (Å²) >= 11 is 0. The van der Waals surface area contributed by atoms with Crippen LogP contribution in [0.15, 0.2) is 48.5 Å². The second-order valence-electron chi connectivity index (χ2n) is 5.92. The van der Waals surface area contributed by atoms with E-state index in [1.54, 1.807) is 12.1 Å². The third-order valence-electron chi connectivity index (χ3n) is 3.64. The molecule has 0 radical (unpaired) electrons.